The summed E-state index contributed by atoms with van der Waals surface area (Å²) in [4.78, 5) is 5.19. The van der Waals surface area contributed by atoms with E-state index in [-0.39, 0.29) is 0 Å². The van der Waals surface area contributed by atoms with Crippen LogP contribution in [-0.2, 0) is 6.54 Å². The SMILES string of the molecule is CCCNCc1c(Cl)cccc1N1CCN2CCCC2C1. The Balaban J connectivity index is 1.76. The maximum atomic E-state index is 6.46. The van der Waals surface area contributed by atoms with Crippen molar-refractivity contribution in [1.29, 1.82) is 0 Å². The smallest absolute Gasteiger partial charge is 0.0471 e. The second-order valence-corrected chi connectivity index (χ2v) is 6.60. The normalized spacial score (nSPS) is 22.6. The summed E-state index contributed by atoms with van der Waals surface area (Å²) in [5.41, 5.74) is 2.59. The van der Waals surface area contributed by atoms with E-state index in [0.717, 1.165) is 43.7 Å². The maximum absolute atomic E-state index is 6.46. The molecule has 1 aromatic carbocycles. The van der Waals surface area contributed by atoms with Gasteiger partial charge in [-0.2, -0.15) is 0 Å². The number of piperazine rings is 1. The van der Waals surface area contributed by atoms with E-state index in [4.69, 9.17) is 11.6 Å². The maximum Gasteiger partial charge on any atom is 0.0471 e. The number of nitrogens with one attached hydrogen (secondary N) is 1. The van der Waals surface area contributed by atoms with Gasteiger partial charge < -0.3 is 10.2 Å². The molecular weight excluding hydrogens is 282 g/mol. The van der Waals surface area contributed by atoms with Gasteiger partial charge in [-0.05, 0) is 44.5 Å². The molecular formula is C17H26ClN3. The Hall–Kier alpha value is -0.770. The molecule has 3 nitrogen and oxygen atoms in total. The van der Waals surface area contributed by atoms with Crippen LogP contribution in [0, 0.1) is 0 Å². The summed E-state index contributed by atoms with van der Waals surface area (Å²) in [6.45, 7) is 8.87. The van der Waals surface area contributed by atoms with Gasteiger partial charge in [0.15, 0.2) is 0 Å². The van der Waals surface area contributed by atoms with Gasteiger partial charge in [-0.15, -0.1) is 0 Å². The number of fused-ring (bicyclic) bond motifs is 1. The zero-order chi connectivity index (χ0) is 14.7. The Bertz CT molecular complexity index is 477. The second kappa shape index (κ2) is 6.99. The first-order valence-corrected chi connectivity index (χ1v) is 8.64. The number of anilines is 1. The molecule has 0 radical (unpaired) electrons. The van der Waals surface area contributed by atoms with Crippen LogP contribution < -0.4 is 10.2 Å². The lowest BCUT2D eigenvalue weighted by atomic mass is 10.1. The van der Waals surface area contributed by atoms with E-state index < -0.39 is 0 Å². The summed E-state index contributed by atoms with van der Waals surface area (Å²) in [5, 5.41) is 4.39. The van der Waals surface area contributed by atoms with Crippen LogP contribution in [0.1, 0.15) is 31.7 Å². The molecule has 0 bridgehead atoms. The predicted octanol–water partition coefficient (Wildman–Crippen LogP) is 3.12. The molecule has 0 spiro atoms. The van der Waals surface area contributed by atoms with Crippen LogP contribution in [-0.4, -0.2) is 43.7 Å². The molecule has 1 atom stereocenters. The molecule has 0 amide bonds. The van der Waals surface area contributed by atoms with Crippen molar-refractivity contribution in [3.63, 3.8) is 0 Å². The van der Waals surface area contributed by atoms with Crippen LogP contribution in [0.25, 0.3) is 0 Å². The van der Waals surface area contributed by atoms with Crippen LogP contribution in [0.4, 0.5) is 5.69 Å². The Labute approximate surface area is 133 Å². The quantitative estimate of drug-likeness (QED) is 0.843. The van der Waals surface area contributed by atoms with E-state index in [1.54, 1.807) is 0 Å². The number of halogens is 1. The van der Waals surface area contributed by atoms with Crippen molar-refractivity contribution in [3.05, 3.63) is 28.8 Å². The Morgan fingerprint density at radius 2 is 2.19 bits per heavy atom. The first kappa shape index (κ1) is 15.1. The molecule has 21 heavy (non-hydrogen) atoms. The minimum absolute atomic E-state index is 0.745. The summed E-state index contributed by atoms with van der Waals surface area (Å²) >= 11 is 6.46. The van der Waals surface area contributed by atoms with Crippen molar-refractivity contribution in [2.45, 2.75) is 38.8 Å². The molecule has 2 aliphatic rings. The fourth-order valence-electron chi connectivity index (χ4n) is 3.62. The van der Waals surface area contributed by atoms with E-state index in [1.807, 2.05) is 6.07 Å². The second-order valence-electron chi connectivity index (χ2n) is 6.19. The van der Waals surface area contributed by atoms with Crippen molar-refractivity contribution < 1.29 is 0 Å². The molecule has 4 heteroatoms. The fourth-order valence-corrected chi connectivity index (χ4v) is 3.85. The van der Waals surface area contributed by atoms with Gasteiger partial charge in [0.25, 0.3) is 0 Å². The molecule has 1 unspecified atom stereocenters. The van der Waals surface area contributed by atoms with Crippen molar-refractivity contribution in [2.75, 3.05) is 37.6 Å². The molecule has 1 N–H and O–H groups in total. The van der Waals surface area contributed by atoms with Crippen LogP contribution in [0.5, 0.6) is 0 Å². The highest BCUT2D eigenvalue weighted by molar-refractivity contribution is 6.31. The predicted molar refractivity (Wildman–Crippen MR) is 90.3 cm³/mol. The summed E-state index contributed by atoms with van der Waals surface area (Å²) < 4.78 is 0. The average molecular weight is 308 g/mol. The summed E-state index contributed by atoms with van der Waals surface area (Å²) in [6.07, 6.45) is 3.86. The third-order valence-corrected chi connectivity index (χ3v) is 5.10. The lowest BCUT2D eigenvalue weighted by Gasteiger charge is -2.39. The van der Waals surface area contributed by atoms with Crippen LogP contribution in [0.15, 0.2) is 18.2 Å². The minimum atomic E-state index is 0.745. The topological polar surface area (TPSA) is 18.5 Å². The van der Waals surface area contributed by atoms with E-state index in [2.05, 4.69) is 34.2 Å². The van der Waals surface area contributed by atoms with Crippen molar-refractivity contribution in [3.8, 4) is 0 Å². The minimum Gasteiger partial charge on any atom is -0.368 e. The summed E-state index contributed by atoms with van der Waals surface area (Å²) in [6, 6.07) is 7.08. The Kier molecular flexibility index (Phi) is 5.04. The molecule has 0 saturated carbocycles. The van der Waals surface area contributed by atoms with Gasteiger partial charge in [-0.1, -0.05) is 24.6 Å². The van der Waals surface area contributed by atoms with E-state index in [0.29, 0.717) is 0 Å². The van der Waals surface area contributed by atoms with Gasteiger partial charge >= 0.3 is 0 Å². The first-order chi connectivity index (χ1) is 10.3. The molecule has 116 valence electrons. The van der Waals surface area contributed by atoms with Gasteiger partial charge in [0, 0.05) is 48.5 Å². The standard InChI is InChI=1S/C17H26ClN3/c1-2-8-19-12-15-16(18)6-3-7-17(15)21-11-10-20-9-4-5-14(20)13-21/h3,6-7,14,19H,2,4-5,8-13H2,1H3. The van der Waals surface area contributed by atoms with E-state index in [9.17, 15) is 0 Å². The van der Waals surface area contributed by atoms with Crippen LogP contribution >= 0.6 is 11.6 Å². The van der Waals surface area contributed by atoms with Gasteiger partial charge in [0.05, 0.1) is 0 Å². The number of rotatable bonds is 5. The number of nitrogens with zero attached hydrogens (tertiary/aromatic N) is 2. The largest absolute Gasteiger partial charge is 0.368 e. The van der Waals surface area contributed by atoms with Gasteiger partial charge in [-0.3, -0.25) is 4.90 Å². The Morgan fingerprint density at radius 3 is 3.05 bits per heavy atom. The summed E-state index contributed by atoms with van der Waals surface area (Å²) in [7, 11) is 0. The molecule has 2 fully saturated rings. The number of hydrogen-bond acceptors (Lipinski definition) is 3. The molecule has 2 aliphatic heterocycles. The zero-order valence-corrected chi connectivity index (χ0v) is 13.7. The number of hydrogen-bond donors (Lipinski definition) is 1. The molecule has 3 rings (SSSR count). The Morgan fingerprint density at radius 1 is 1.29 bits per heavy atom. The highest BCUT2D eigenvalue weighted by Gasteiger charge is 2.31. The monoisotopic (exact) mass is 307 g/mol. The van der Waals surface area contributed by atoms with Crippen molar-refractivity contribution in [2.24, 2.45) is 0 Å². The zero-order valence-electron chi connectivity index (χ0n) is 12.9. The lowest BCUT2D eigenvalue weighted by Crippen LogP contribution is -2.50. The highest BCUT2D eigenvalue weighted by Crippen LogP contribution is 2.31. The lowest BCUT2D eigenvalue weighted by molar-refractivity contribution is 0.231. The van der Waals surface area contributed by atoms with E-state index >= 15 is 0 Å². The molecule has 0 aliphatic carbocycles. The average Bonchev–Trinajstić information content (AvgIpc) is 2.96. The van der Waals surface area contributed by atoms with Crippen molar-refractivity contribution in [1.82, 2.24) is 10.2 Å². The van der Waals surface area contributed by atoms with E-state index in [1.165, 1.54) is 37.2 Å². The van der Waals surface area contributed by atoms with Gasteiger partial charge in [0.2, 0.25) is 0 Å². The summed E-state index contributed by atoms with van der Waals surface area (Å²) in [5.74, 6) is 0. The van der Waals surface area contributed by atoms with Crippen LogP contribution in [0.2, 0.25) is 5.02 Å². The first-order valence-electron chi connectivity index (χ1n) is 8.26. The molecule has 0 aromatic heterocycles. The van der Waals surface area contributed by atoms with Gasteiger partial charge in [-0.25, -0.2) is 0 Å². The molecule has 2 heterocycles. The fraction of sp³-hybridized carbons (Fsp3) is 0.647. The molecule has 1 aromatic rings. The van der Waals surface area contributed by atoms with Crippen LogP contribution in [0.3, 0.4) is 0 Å². The molecule has 2 saturated heterocycles. The third-order valence-electron chi connectivity index (χ3n) is 4.75. The van der Waals surface area contributed by atoms with Gasteiger partial charge in [0.1, 0.15) is 0 Å². The number of benzene rings is 1. The van der Waals surface area contributed by atoms with Crippen molar-refractivity contribution >= 4 is 17.3 Å². The third kappa shape index (κ3) is 3.36. The highest BCUT2D eigenvalue weighted by atomic mass is 35.5.